The molecule has 0 aliphatic rings. The molecule has 0 atom stereocenters. The van der Waals surface area contributed by atoms with Gasteiger partial charge in [0.15, 0.2) is 0 Å². The minimum Gasteiger partial charge on any atom is -0.444 e. The van der Waals surface area contributed by atoms with E-state index in [-0.39, 0.29) is 12.1 Å². The number of rotatable bonds is 2. The first-order chi connectivity index (χ1) is 9.55. The fourth-order valence-corrected chi connectivity index (χ4v) is 1.34. The zero-order valence-electron chi connectivity index (χ0n) is 12.0. The lowest BCUT2D eigenvalue weighted by Gasteiger charge is -2.19. The fraction of sp³-hybridized carbons (Fsp3) is 0.400. The van der Waals surface area contributed by atoms with Gasteiger partial charge in [0, 0.05) is 18.0 Å². The molecular weight excluding hydrogens is 283 g/mol. The highest BCUT2D eigenvalue weighted by atomic mass is 19.4. The van der Waals surface area contributed by atoms with E-state index in [0.717, 1.165) is 5.56 Å². The number of benzene rings is 1. The van der Waals surface area contributed by atoms with Gasteiger partial charge in [-0.05, 0) is 38.5 Å². The number of amides is 1. The van der Waals surface area contributed by atoms with Crippen molar-refractivity contribution < 1.29 is 22.7 Å². The first-order valence-electron chi connectivity index (χ1n) is 6.21. The molecular formula is C15H16F3NO2. The molecule has 0 unspecified atom stereocenters. The van der Waals surface area contributed by atoms with Crippen LogP contribution in [0, 0.1) is 11.8 Å². The molecule has 0 bridgehead atoms. The standard InChI is InChI=1S/C15H16F3NO2/c1-14(2,3)21-13(20)19-10-12-6-4-11(5-7-12)8-9-15(16,17)18/h4-7H,10H2,1-3H3,(H,19,20). The summed E-state index contributed by atoms with van der Waals surface area (Å²) in [6.07, 6.45) is -5.06. The van der Waals surface area contributed by atoms with E-state index in [9.17, 15) is 18.0 Å². The smallest absolute Gasteiger partial charge is 0.444 e. The van der Waals surface area contributed by atoms with Gasteiger partial charge in [-0.1, -0.05) is 18.1 Å². The molecule has 1 N–H and O–H groups in total. The number of hydrogen-bond donors (Lipinski definition) is 1. The normalized spacial score (nSPS) is 11.3. The highest BCUT2D eigenvalue weighted by molar-refractivity contribution is 5.67. The van der Waals surface area contributed by atoms with Crippen LogP contribution in [-0.2, 0) is 11.3 Å². The second-order valence-corrected chi connectivity index (χ2v) is 5.30. The van der Waals surface area contributed by atoms with Crippen LogP contribution in [0.15, 0.2) is 24.3 Å². The van der Waals surface area contributed by atoms with Crippen molar-refractivity contribution in [3.05, 3.63) is 35.4 Å². The van der Waals surface area contributed by atoms with Gasteiger partial charge < -0.3 is 10.1 Å². The molecule has 0 heterocycles. The Morgan fingerprint density at radius 3 is 2.24 bits per heavy atom. The molecule has 0 spiro atoms. The zero-order chi connectivity index (χ0) is 16.1. The summed E-state index contributed by atoms with van der Waals surface area (Å²) in [5.41, 5.74) is 0.410. The van der Waals surface area contributed by atoms with Gasteiger partial charge in [0.05, 0.1) is 0 Å². The van der Waals surface area contributed by atoms with Crippen molar-refractivity contribution in [1.29, 1.82) is 0 Å². The molecule has 0 saturated heterocycles. The summed E-state index contributed by atoms with van der Waals surface area (Å²) in [4.78, 5) is 11.4. The van der Waals surface area contributed by atoms with Crippen molar-refractivity contribution in [2.45, 2.75) is 39.1 Å². The van der Waals surface area contributed by atoms with E-state index < -0.39 is 17.9 Å². The predicted molar refractivity (Wildman–Crippen MR) is 72.4 cm³/mol. The Labute approximate surface area is 121 Å². The average molecular weight is 299 g/mol. The van der Waals surface area contributed by atoms with Gasteiger partial charge >= 0.3 is 12.3 Å². The van der Waals surface area contributed by atoms with E-state index in [4.69, 9.17) is 4.74 Å². The lowest BCUT2D eigenvalue weighted by atomic mass is 10.1. The summed E-state index contributed by atoms with van der Waals surface area (Å²) < 4.78 is 40.9. The molecule has 1 amide bonds. The molecule has 0 radical (unpaired) electrons. The molecule has 1 rings (SSSR count). The third-order valence-electron chi connectivity index (χ3n) is 2.14. The quantitative estimate of drug-likeness (QED) is 0.847. The third kappa shape index (κ3) is 7.88. The Balaban J connectivity index is 2.55. The van der Waals surface area contributed by atoms with Crippen LogP contribution in [0.3, 0.4) is 0 Å². The minimum absolute atomic E-state index is 0.224. The van der Waals surface area contributed by atoms with Crippen LogP contribution in [0.2, 0.25) is 0 Å². The van der Waals surface area contributed by atoms with Crippen LogP contribution in [0.25, 0.3) is 0 Å². The first-order valence-corrected chi connectivity index (χ1v) is 6.21. The number of carbonyl (C=O) groups excluding carboxylic acids is 1. The predicted octanol–water partition coefficient (Wildman–Crippen LogP) is 3.63. The summed E-state index contributed by atoms with van der Waals surface area (Å²) >= 11 is 0. The largest absolute Gasteiger partial charge is 0.458 e. The first kappa shape index (κ1) is 16.9. The van der Waals surface area contributed by atoms with Crippen molar-refractivity contribution in [3.63, 3.8) is 0 Å². The summed E-state index contributed by atoms with van der Waals surface area (Å²) in [6.45, 7) is 5.48. The molecule has 0 aromatic heterocycles. The minimum atomic E-state index is -4.50. The van der Waals surface area contributed by atoms with Gasteiger partial charge in [-0.25, -0.2) is 4.79 Å². The van der Waals surface area contributed by atoms with Crippen LogP contribution < -0.4 is 5.32 Å². The topological polar surface area (TPSA) is 38.3 Å². The maximum atomic E-state index is 11.9. The van der Waals surface area contributed by atoms with Crippen molar-refractivity contribution in [2.75, 3.05) is 0 Å². The van der Waals surface area contributed by atoms with Gasteiger partial charge in [-0.3, -0.25) is 0 Å². The Morgan fingerprint density at radius 2 is 1.76 bits per heavy atom. The molecule has 0 saturated carbocycles. The Hall–Kier alpha value is -2.16. The fourth-order valence-electron chi connectivity index (χ4n) is 1.34. The molecule has 114 valence electrons. The van der Waals surface area contributed by atoms with Gasteiger partial charge in [-0.15, -0.1) is 0 Å². The Morgan fingerprint density at radius 1 is 1.19 bits per heavy atom. The van der Waals surface area contributed by atoms with E-state index in [2.05, 4.69) is 5.32 Å². The second kappa shape index (κ2) is 6.53. The van der Waals surface area contributed by atoms with Crippen LogP contribution in [0.1, 0.15) is 31.9 Å². The lowest BCUT2D eigenvalue weighted by molar-refractivity contribution is -0.0696. The third-order valence-corrected chi connectivity index (χ3v) is 2.14. The number of nitrogens with one attached hydrogen (secondary N) is 1. The number of hydrogen-bond acceptors (Lipinski definition) is 2. The van der Waals surface area contributed by atoms with Gasteiger partial charge in [0.25, 0.3) is 0 Å². The van der Waals surface area contributed by atoms with Gasteiger partial charge in [0.2, 0.25) is 0 Å². The van der Waals surface area contributed by atoms with Crippen LogP contribution in [-0.4, -0.2) is 17.9 Å². The highest BCUT2D eigenvalue weighted by Gasteiger charge is 2.22. The number of halogens is 3. The van der Waals surface area contributed by atoms with E-state index in [1.807, 2.05) is 5.92 Å². The maximum Gasteiger partial charge on any atom is 0.458 e. The van der Waals surface area contributed by atoms with Crippen LogP contribution in [0.5, 0.6) is 0 Å². The lowest BCUT2D eigenvalue weighted by Crippen LogP contribution is -2.32. The van der Waals surface area contributed by atoms with Crippen molar-refractivity contribution in [3.8, 4) is 11.8 Å². The molecule has 6 heteroatoms. The van der Waals surface area contributed by atoms with E-state index in [0.29, 0.717) is 0 Å². The molecule has 0 fully saturated rings. The van der Waals surface area contributed by atoms with E-state index >= 15 is 0 Å². The maximum absolute atomic E-state index is 11.9. The molecule has 0 aliphatic carbocycles. The second-order valence-electron chi connectivity index (χ2n) is 5.30. The highest BCUT2D eigenvalue weighted by Crippen LogP contribution is 2.13. The molecule has 3 nitrogen and oxygen atoms in total. The average Bonchev–Trinajstić information content (AvgIpc) is 2.32. The molecule has 21 heavy (non-hydrogen) atoms. The summed E-state index contributed by atoms with van der Waals surface area (Å²) in [6, 6.07) is 6.12. The van der Waals surface area contributed by atoms with Crippen LogP contribution in [0.4, 0.5) is 18.0 Å². The van der Waals surface area contributed by atoms with Crippen molar-refractivity contribution in [1.82, 2.24) is 5.32 Å². The van der Waals surface area contributed by atoms with E-state index in [1.165, 1.54) is 18.1 Å². The monoisotopic (exact) mass is 299 g/mol. The van der Waals surface area contributed by atoms with Gasteiger partial charge in [0.1, 0.15) is 5.60 Å². The summed E-state index contributed by atoms with van der Waals surface area (Å²) in [5.74, 6) is 3.21. The van der Waals surface area contributed by atoms with Crippen molar-refractivity contribution in [2.24, 2.45) is 0 Å². The number of alkyl halides is 3. The number of carbonyl (C=O) groups is 1. The number of ether oxygens (including phenoxy) is 1. The summed E-state index contributed by atoms with van der Waals surface area (Å²) in [5, 5.41) is 2.55. The van der Waals surface area contributed by atoms with Crippen molar-refractivity contribution >= 4 is 6.09 Å². The summed E-state index contributed by atoms with van der Waals surface area (Å²) in [7, 11) is 0. The molecule has 1 aromatic carbocycles. The van der Waals surface area contributed by atoms with Crippen LogP contribution >= 0.6 is 0 Å². The molecule has 0 aliphatic heterocycles. The Bertz CT molecular complexity index is 546. The number of alkyl carbamates (subject to hydrolysis) is 1. The van der Waals surface area contributed by atoms with E-state index in [1.54, 1.807) is 32.9 Å². The Kier molecular flexibility index (Phi) is 5.25. The molecule has 1 aromatic rings. The zero-order valence-corrected chi connectivity index (χ0v) is 12.0. The van der Waals surface area contributed by atoms with Gasteiger partial charge in [-0.2, -0.15) is 13.2 Å². The SMILES string of the molecule is CC(C)(C)OC(=O)NCc1ccc(C#CC(F)(F)F)cc1.